The van der Waals surface area contributed by atoms with E-state index in [0.29, 0.717) is 27.9 Å². The van der Waals surface area contributed by atoms with Crippen LogP contribution in [0.4, 0.5) is 0 Å². The number of hydrogen-bond donors (Lipinski definition) is 2. The summed E-state index contributed by atoms with van der Waals surface area (Å²) in [5.74, 6) is -1.05. The quantitative estimate of drug-likeness (QED) is 0.715. The molecule has 1 aromatic carbocycles. The minimum atomic E-state index is -0.835. The maximum absolute atomic E-state index is 11.1. The minimum absolute atomic E-state index is 0.161. The van der Waals surface area contributed by atoms with Gasteiger partial charge in [-0.25, -0.2) is 0 Å². The summed E-state index contributed by atoms with van der Waals surface area (Å²) in [6.45, 7) is 2.21. The fourth-order valence-electron chi connectivity index (χ4n) is 2.35. The highest BCUT2D eigenvalue weighted by molar-refractivity contribution is 6.39. The summed E-state index contributed by atoms with van der Waals surface area (Å²) in [7, 11) is 0. The van der Waals surface area contributed by atoms with Gasteiger partial charge in [0, 0.05) is 21.6 Å². The zero-order chi connectivity index (χ0) is 16.0. The number of hydrogen-bond acceptors (Lipinski definition) is 2. The van der Waals surface area contributed by atoms with Gasteiger partial charge in [-0.05, 0) is 42.9 Å². The van der Waals surface area contributed by atoms with Crippen LogP contribution in [0.2, 0.25) is 15.1 Å². The van der Waals surface area contributed by atoms with E-state index in [-0.39, 0.29) is 12.5 Å². The van der Waals surface area contributed by atoms with Gasteiger partial charge >= 0.3 is 5.97 Å². The van der Waals surface area contributed by atoms with Gasteiger partial charge in [0.05, 0.1) is 5.92 Å². The van der Waals surface area contributed by atoms with Crippen LogP contribution in [0, 0.1) is 11.8 Å². The Morgan fingerprint density at radius 2 is 1.86 bits per heavy atom. The number of nitrogens with two attached hydrogens (primary N) is 1. The van der Waals surface area contributed by atoms with Gasteiger partial charge < -0.3 is 10.8 Å². The molecule has 118 valence electrons. The van der Waals surface area contributed by atoms with Crippen LogP contribution in [0.1, 0.15) is 31.7 Å². The molecule has 1 aromatic rings. The summed E-state index contributed by atoms with van der Waals surface area (Å²) in [5.41, 5.74) is 6.37. The molecule has 0 saturated carbocycles. The van der Waals surface area contributed by atoms with Crippen LogP contribution in [-0.4, -0.2) is 17.6 Å². The van der Waals surface area contributed by atoms with E-state index in [1.807, 2.05) is 6.92 Å². The lowest BCUT2D eigenvalue weighted by Gasteiger charge is -2.19. The minimum Gasteiger partial charge on any atom is -0.481 e. The van der Waals surface area contributed by atoms with E-state index in [2.05, 4.69) is 0 Å². The molecule has 0 aromatic heterocycles. The topological polar surface area (TPSA) is 63.3 Å². The predicted molar refractivity (Wildman–Crippen MR) is 88.4 cm³/mol. The van der Waals surface area contributed by atoms with Crippen LogP contribution < -0.4 is 5.73 Å². The molecule has 3 nitrogen and oxygen atoms in total. The fourth-order valence-corrected chi connectivity index (χ4v) is 3.35. The molecule has 0 saturated heterocycles. The second kappa shape index (κ2) is 8.84. The molecular weight excluding hydrogens is 333 g/mol. The molecule has 0 fully saturated rings. The first-order valence-corrected chi connectivity index (χ1v) is 8.08. The Morgan fingerprint density at radius 3 is 2.29 bits per heavy atom. The second-order valence-corrected chi connectivity index (χ2v) is 6.42. The molecule has 0 amide bonds. The first-order chi connectivity index (χ1) is 9.88. The van der Waals surface area contributed by atoms with Crippen LogP contribution >= 0.6 is 34.8 Å². The molecule has 6 heteroatoms. The Hall–Kier alpha value is -0.480. The van der Waals surface area contributed by atoms with E-state index < -0.39 is 11.9 Å². The molecule has 0 heterocycles. The number of benzene rings is 1. The standard InChI is InChI=1S/C15H20Cl3NO2/c1-2-9(5-10(8-19)15(20)21)3-4-12-13(17)6-11(16)7-14(12)18/h6-7,9-10H,2-5,8,19H2,1H3,(H,20,21). The lowest BCUT2D eigenvalue weighted by Crippen LogP contribution is -2.26. The summed E-state index contributed by atoms with van der Waals surface area (Å²) >= 11 is 18.2. The summed E-state index contributed by atoms with van der Waals surface area (Å²) in [6.07, 6.45) is 2.99. The van der Waals surface area contributed by atoms with Crippen molar-refractivity contribution in [2.75, 3.05) is 6.54 Å². The van der Waals surface area contributed by atoms with Gasteiger partial charge in [-0.15, -0.1) is 0 Å². The molecule has 1 rings (SSSR count). The third-order valence-electron chi connectivity index (χ3n) is 3.74. The molecule has 0 aliphatic heterocycles. The highest BCUT2D eigenvalue weighted by atomic mass is 35.5. The monoisotopic (exact) mass is 351 g/mol. The average Bonchev–Trinajstić information content (AvgIpc) is 2.40. The van der Waals surface area contributed by atoms with Gasteiger partial charge in [-0.3, -0.25) is 4.79 Å². The number of aliphatic carboxylic acids is 1. The normalized spacial score (nSPS) is 14.0. The van der Waals surface area contributed by atoms with Crippen molar-refractivity contribution in [2.24, 2.45) is 17.6 Å². The molecule has 0 spiro atoms. The van der Waals surface area contributed by atoms with E-state index in [0.717, 1.165) is 18.4 Å². The zero-order valence-corrected chi connectivity index (χ0v) is 14.2. The maximum atomic E-state index is 11.1. The van der Waals surface area contributed by atoms with Crippen LogP contribution in [0.15, 0.2) is 12.1 Å². The van der Waals surface area contributed by atoms with Gasteiger partial charge in [0.1, 0.15) is 0 Å². The van der Waals surface area contributed by atoms with Gasteiger partial charge in [0.2, 0.25) is 0 Å². The van der Waals surface area contributed by atoms with Crippen molar-refractivity contribution in [1.82, 2.24) is 0 Å². The van der Waals surface area contributed by atoms with Crippen molar-refractivity contribution in [1.29, 1.82) is 0 Å². The number of halogens is 3. The molecule has 2 atom stereocenters. The number of rotatable bonds is 8. The number of carbonyl (C=O) groups is 1. The number of carboxylic acid groups (broad SMARTS) is 1. The Morgan fingerprint density at radius 1 is 1.29 bits per heavy atom. The first kappa shape index (κ1) is 18.6. The highest BCUT2D eigenvalue weighted by Crippen LogP contribution is 2.31. The van der Waals surface area contributed by atoms with E-state index in [1.165, 1.54) is 0 Å². The Bertz CT molecular complexity index is 471. The van der Waals surface area contributed by atoms with Crippen molar-refractivity contribution < 1.29 is 9.90 Å². The predicted octanol–water partition coefficient (Wildman–Crippen LogP) is 4.66. The molecule has 21 heavy (non-hydrogen) atoms. The lowest BCUT2D eigenvalue weighted by molar-refractivity contribution is -0.142. The number of carboxylic acids is 1. The SMILES string of the molecule is CCC(CCc1c(Cl)cc(Cl)cc1Cl)CC(CN)C(=O)O. The summed E-state index contributed by atoms with van der Waals surface area (Å²) in [5, 5.41) is 10.7. The van der Waals surface area contributed by atoms with Gasteiger partial charge in [0.25, 0.3) is 0 Å². The molecular formula is C15H20Cl3NO2. The second-order valence-electron chi connectivity index (χ2n) is 5.17. The molecule has 0 radical (unpaired) electrons. The van der Waals surface area contributed by atoms with Crippen molar-refractivity contribution in [2.45, 2.75) is 32.6 Å². The average molecular weight is 353 g/mol. The first-order valence-electron chi connectivity index (χ1n) is 6.95. The van der Waals surface area contributed by atoms with Crippen LogP contribution in [0.25, 0.3) is 0 Å². The molecule has 2 unspecified atom stereocenters. The van der Waals surface area contributed by atoms with Crippen molar-refractivity contribution >= 4 is 40.8 Å². The van der Waals surface area contributed by atoms with Crippen LogP contribution in [-0.2, 0) is 11.2 Å². The summed E-state index contributed by atoms with van der Waals surface area (Å²) < 4.78 is 0. The largest absolute Gasteiger partial charge is 0.481 e. The Kier molecular flexibility index (Phi) is 7.82. The summed E-state index contributed by atoms with van der Waals surface area (Å²) in [6, 6.07) is 3.34. The third kappa shape index (κ3) is 5.67. The summed E-state index contributed by atoms with van der Waals surface area (Å²) in [4.78, 5) is 11.1. The van der Waals surface area contributed by atoms with Crippen molar-refractivity contribution in [3.05, 3.63) is 32.8 Å². The van der Waals surface area contributed by atoms with E-state index >= 15 is 0 Å². The molecule has 0 bridgehead atoms. The maximum Gasteiger partial charge on any atom is 0.307 e. The molecule has 0 aliphatic rings. The molecule has 3 N–H and O–H groups in total. The third-order valence-corrected chi connectivity index (χ3v) is 4.63. The van der Waals surface area contributed by atoms with Crippen LogP contribution in [0.3, 0.4) is 0 Å². The van der Waals surface area contributed by atoms with Gasteiger partial charge in [0.15, 0.2) is 0 Å². The fraction of sp³-hybridized carbons (Fsp3) is 0.533. The smallest absolute Gasteiger partial charge is 0.307 e. The molecule has 0 aliphatic carbocycles. The Balaban J connectivity index is 2.70. The van der Waals surface area contributed by atoms with Gasteiger partial charge in [-0.1, -0.05) is 48.1 Å². The van der Waals surface area contributed by atoms with Gasteiger partial charge in [-0.2, -0.15) is 0 Å². The van der Waals surface area contributed by atoms with Crippen LogP contribution in [0.5, 0.6) is 0 Å². The highest BCUT2D eigenvalue weighted by Gasteiger charge is 2.21. The van der Waals surface area contributed by atoms with E-state index in [1.54, 1.807) is 12.1 Å². The van der Waals surface area contributed by atoms with E-state index in [4.69, 9.17) is 45.6 Å². The van der Waals surface area contributed by atoms with Crippen molar-refractivity contribution in [3.63, 3.8) is 0 Å². The lowest BCUT2D eigenvalue weighted by atomic mass is 9.88. The Labute approximate surface area is 140 Å². The van der Waals surface area contributed by atoms with Crippen molar-refractivity contribution in [3.8, 4) is 0 Å². The zero-order valence-electron chi connectivity index (χ0n) is 11.9. The van der Waals surface area contributed by atoms with E-state index in [9.17, 15) is 4.79 Å².